The Morgan fingerprint density at radius 1 is 1.17 bits per heavy atom. The zero-order valence-corrected chi connectivity index (χ0v) is 9.88. The first-order valence-corrected chi connectivity index (χ1v) is 5.47. The van der Waals surface area contributed by atoms with Gasteiger partial charge in [0.2, 0.25) is 0 Å². The molecule has 0 heterocycles. The minimum absolute atomic E-state index is 0.485. The van der Waals surface area contributed by atoms with Gasteiger partial charge in [-0.15, -0.1) is 0 Å². The van der Waals surface area contributed by atoms with E-state index >= 15 is 0 Å². The van der Waals surface area contributed by atoms with Crippen molar-refractivity contribution in [2.75, 3.05) is 0 Å². The Bertz CT molecular complexity index is 627. The quantitative estimate of drug-likeness (QED) is 0.768. The minimum atomic E-state index is 0.485. The highest BCUT2D eigenvalue weighted by molar-refractivity contribution is 5.79. The predicted octanol–water partition coefficient (Wildman–Crippen LogP) is 3.47. The number of hydrogen-bond acceptors (Lipinski definition) is 3. The second kappa shape index (κ2) is 5.15. The molecule has 3 nitrogen and oxygen atoms in total. The maximum Gasteiger partial charge on any atom is 0.153 e. The van der Waals surface area contributed by atoms with Crippen LogP contribution in [0.5, 0.6) is 11.5 Å². The molecule has 3 heteroatoms. The van der Waals surface area contributed by atoms with Gasteiger partial charge in [-0.25, -0.2) is 0 Å². The molecule has 0 aromatic heterocycles. The molecule has 0 aliphatic heterocycles. The van der Waals surface area contributed by atoms with Crippen LogP contribution in [-0.4, -0.2) is 6.29 Å². The minimum Gasteiger partial charge on any atom is -0.456 e. The lowest BCUT2D eigenvalue weighted by atomic mass is 10.1. The number of nitriles is 1. The summed E-state index contributed by atoms with van der Waals surface area (Å²) in [6.07, 6.45) is 0.749. The molecule has 0 amide bonds. The van der Waals surface area contributed by atoms with E-state index in [4.69, 9.17) is 10.00 Å². The molecule has 0 bridgehead atoms. The molecule has 2 aromatic rings. The summed E-state index contributed by atoms with van der Waals surface area (Å²) >= 11 is 0. The molecule has 2 aromatic carbocycles. The number of nitrogens with zero attached hydrogens (tertiary/aromatic N) is 1. The van der Waals surface area contributed by atoms with Gasteiger partial charge in [-0.1, -0.05) is 18.2 Å². The molecule has 0 aliphatic carbocycles. The van der Waals surface area contributed by atoms with Crippen molar-refractivity contribution in [2.45, 2.75) is 6.92 Å². The lowest BCUT2D eigenvalue weighted by Gasteiger charge is -2.10. The van der Waals surface area contributed by atoms with Crippen molar-refractivity contribution in [3.8, 4) is 17.6 Å². The molecule has 0 saturated carbocycles. The second-order valence-corrected chi connectivity index (χ2v) is 3.85. The van der Waals surface area contributed by atoms with Gasteiger partial charge in [-0.2, -0.15) is 5.26 Å². The number of ether oxygens (including phenoxy) is 1. The molecule has 0 aliphatic rings. The van der Waals surface area contributed by atoms with Crippen LogP contribution in [0.15, 0.2) is 42.5 Å². The predicted molar refractivity (Wildman–Crippen MR) is 67.8 cm³/mol. The molecule has 0 unspecified atom stereocenters. The van der Waals surface area contributed by atoms with Crippen molar-refractivity contribution in [2.24, 2.45) is 0 Å². The third kappa shape index (κ3) is 2.38. The molecule has 2 rings (SSSR count). The van der Waals surface area contributed by atoms with E-state index in [0.717, 1.165) is 11.8 Å². The van der Waals surface area contributed by atoms with Crippen LogP contribution in [0.3, 0.4) is 0 Å². The highest BCUT2D eigenvalue weighted by Crippen LogP contribution is 2.27. The van der Waals surface area contributed by atoms with Crippen molar-refractivity contribution in [3.63, 3.8) is 0 Å². The number of hydrogen-bond donors (Lipinski definition) is 0. The van der Waals surface area contributed by atoms with Gasteiger partial charge in [0.1, 0.15) is 11.5 Å². The summed E-state index contributed by atoms with van der Waals surface area (Å²) in [6.45, 7) is 1.89. The third-order valence-corrected chi connectivity index (χ3v) is 2.58. The van der Waals surface area contributed by atoms with Gasteiger partial charge < -0.3 is 4.74 Å². The van der Waals surface area contributed by atoms with E-state index in [0.29, 0.717) is 22.6 Å². The van der Waals surface area contributed by atoms with E-state index in [2.05, 4.69) is 6.07 Å². The molecule has 0 fully saturated rings. The van der Waals surface area contributed by atoms with Crippen LogP contribution in [0.25, 0.3) is 0 Å². The molecule has 0 N–H and O–H groups in total. The van der Waals surface area contributed by atoms with E-state index in [1.54, 1.807) is 36.4 Å². The Hall–Kier alpha value is -2.60. The van der Waals surface area contributed by atoms with Crippen LogP contribution in [-0.2, 0) is 0 Å². The van der Waals surface area contributed by atoms with Crippen LogP contribution in [0, 0.1) is 18.3 Å². The van der Waals surface area contributed by atoms with E-state index < -0.39 is 0 Å². The maximum absolute atomic E-state index is 10.9. The lowest BCUT2D eigenvalue weighted by Crippen LogP contribution is -1.92. The lowest BCUT2D eigenvalue weighted by molar-refractivity contribution is 0.112. The third-order valence-electron chi connectivity index (χ3n) is 2.58. The van der Waals surface area contributed by atoms with Gasteiger partial charge in [-0.3, -0.25) is 4.79 Å². The number of carbonyl (C=O) groups is 1. The Morgan fingerprint density at radius 3 is 2.67 bits per heavy atom. The van der Waals surface area contributed by atoms with Crippen molar-refractivity contribution in [1.82, 2.24) is 0 Å². The largest absolute Gasteiger partial charge is 0.456 e. The number of aldehydes is 1. The maximum atomic E-state index is 10.9. The highest BCUT2D eigenvalue weighted by Gasteiger charge is 2.06. The van der Waals surface area contributed by atoms with Gasteiger partial charge in [-0.05, 0) is 36.8 Å². The molecule has 0 atom stereocenters. The summed E-state index contributed by atoms with van der Waals surface area (Å²) < 4.78 is 5.69. The first-order chi connectivity index (χ1) is 8.74. The van der Waals surface area contributed by atoms with Crippen LogP contribution in [0.2, 0.25) is 0 Å². The molecule has 0 saturated heterocycles. The van der Waals surface area contributed by atoms with Crippen LogP contribution < -0.4 is 4.74 Å². The number of benzene rings is 2. The van der Waals surface area contributed by atoms with E-state index in [1.165, 1.54) is 0 Å². The molecule has 88 valence electrons. The van der Waals surface area contributed by atoms with Gasteiger partial charge >= 0.3 is 0 Å². The summed E-state index contributed by atoms with van der Waals surface area (Å²) in [5.41, 5.74) is 1.92. The number of carbonyl (C=O) groups excluding carboxylic acids is 1. The van der Waals surface area contributed by atoms with E-state index in [1.807, 2.05) is 13.0 Å². The zero-order valence-electron chi connectivity index (χ0n) is 9.88. The molecular weight excluding hydrogens is 226 g/mol. The zero-order chi connectivity index (χ0) is 13.0. The Morgan fingerprint density at radius 2 is 1.94 bits per heavy atom. The SMILES string of the molecule is Cc1ccc(C#N)cc1Oc1ccccc1C=O. The summed E-state index contributed by atoms with van der Waals surface area (Å²) in [5, 5.41) is 8.86. The number of para-hydroxylation sites is 1. The van der Waals surface area contributed by atoms with E-state index in [-0.39, 0.29) is 0 Å². The Labute approximate surface area is 105 Å². The second-order valence-electron chi connectivity index (χ2n) is 3.85. The van der Waals surface area contributed by atoms with Crippen molar-refractivity contribution >= 4 is 6.29 Å². The van der Waals surface area contributed by atoms with E-state index in [9.17, 15) is 4.79 Å². The first-order valence-electron chi connectivity index (χ1n) is 5.47. The highest BCUT2D eigenvalue weighted by atomic mass is 16.5. The molecule has 0 radical (unpaired) electrons. The monoisotopic (exact) mass is 237 g/mol. The van der Waals surface area contributed by atoms with Crippen molar-refractivity contribution < 1.29 is 9.53 Å². The summed E-state index contributed by atoms with van der Waals surface area (Å²) in [5.74, 6) is 1.08. The topological polar surface area (TPSA) is 50.1 Å². The van der Waals surface area contributed by atoms with Gasteiger partial charge in [0.25, 0.3) is 0 Å². The fourth-order valence-corrected chi connectivity index (χ4v) is 1.57. The van der Waals surface area contributed by atoms with Gasteiger partial charge in [0, 0.05) is 0 Å². The van der Waals surface area contributed by atoms with Crippen LogP contribution in [0.1, 0.15) is 21.5 Å². The molecular formula is C15H11NO2. The Kier molecular flexibility index (Phi) is 3.40. The average molecular weight is 237 g/mol. The summed E-state index contributed by atoms with van der Waals surface area (Å²) in [7, 11) is 0. The first kappa shape index (κ1) is 11.9. The number of aryl methyl sites for hydroxylation is 1. The van der Waals surface area contributed by atoms with Gasteiger partial charge in [0.05, 0.1) is 17.2 Å². The van der Waals surface area contributed by atoms with Crippen molar-refractivity contribution in [1.29, 1.82) is 5.26 Å². The van der Waals surface area contributed by atoms with Crippen LogP contribution in [0.4, 0.5) is 0 Å². The Balaban J connectivity index is 2.40. The fourth-order valence-electron chi connectivity index (χ4n) is 1.57. The van der Waals surface area contributed by atoms with Crippen LogP contribution >= 0.6 is 0 Å². The summed E-state index contributed by atoms with van der Waals surface area (Å²) in [6, 6.07) is 14.3. The molecule has 0 spiro atoms. The fraction of sp³-hybridized carbons (Fsp3) is 0.0667. The smallest absolute Gasteiger partial charge is 0.153 e. The van der Waals surface area contributed by atoms with Gasteiger partial charge in [0.15, 0.2) is 6.29 Å². The standard InChI is InChI=1S/C15H11NO2/c1-11-6-7-12(9-16)8-15(11)18-14-5-3-2-4-13(14)10-17/h2-8,10H,1H3. The molecule has 18 heavy (non-hydrogen) atoms. The normalized spacial score (nSPS) is 9.56. The van der Waals surface area contributed by atoms with Crippen molar-refractivity contribution in [3.05, 3.63) is 59.2 Å². The average Bonchev–Trinajstić information content (AvgIpc) is 2.42. The summed E-state index contributed by atoms with van der Waals surface area (Å²) in [4.78, 5) is 10.9. The number of rotatable bonds is 3.